The number of hydrogen-bond donors (Lipinski definition) is 1. The summed E-state index contributed by atoms with van der Waals surface area (Å²) in [7, 11) is 0. The van der Waals surface area contributed by atoms with E-state index in [-0.39, 0.29) is 0 Å². The molecule has 0 radical (unpaired) electrons. The first-order valence-corrected chi connectivity index (χ1v) is 7.88. The lowest BCUT2D eigenvalue weighted by Gasteiger charge is -2.32. The highest BCUT2D eigenvalue weighted by Crippen LogP contribution is 2.36. The summed E-state index contributed by atoms with van der Waals surface area (Å²) in [6.07, 6.45) is 6.48. The van der Waals surface area contributed by atoms with Crippen LogP contribution in [-0.2, 0) is 0 Å². The van der Waals surface area contributed by atoms with Gasteiger partial charge in [-0.3, -0.25) is 0 Å². The molecule has 0 aromatic heterocycles. The summed E-state index contributed by atoms with van der Waals surface area (Å²) in [6.45, 7) is 12.3. The van der Waals surface area contributed by atoms with Gasteiger partial charge in [-0.25, -0.2) is 0 Å². The zero-order valence-electron chi connectivity index (χ0n) is 12.3. The topological polar surface area (TPSA) is 32.5 Å². The SMILES string of the molecule is CCC1(CC)CCN(CCN2CCC(N)CC2)C1. The highest BCUT2D eigenvalue weighted by molar-refractivity contribution is 4.88. The predicted molar refractivity (Wildman–Crippen MR) is 77.7 cm³/mol. The van der Waals surface area contributed by atoms with Gasteiger partial charge in [0.1, 0.15) is 0 Å². The third-order valence-electron chi connectivity index (χ3n) is 5.38. The third-order valence-corrected chi connectivity index (χ3v) is 5.38. The van der Waals surface area contributed by atoms with Crippen molar-refractivity contribution in [1.82, 2.24) is 9.80 Å². The Morgan fingerprint density at radius 1 is 1.00 bits per heavy atom. The average Bonchev–Trinajstić information content (AvgIpc) is 2.82. The molecule has 2 aliphatic rings. The van der Waals surface area contributed by atoms with Crippen molar-refractivity contribution in [3.05, 3.63) is 0 Å². The first kappa shape index (κ1) is 14.3. The molecule has 2 saturated heterocycles. The first-order chi connectivity index (χ1) is 8.67. The van der Waals surface area contributed by atoms with Crippen LogP contribution in [0.3, 0.4) is 0 Å². The Morgan fingerprint density at radius 2 is 1.61 bits per heavy atom. The summed E-state index contributed by atoms with van der Waals surface area (Å²) in [5.41, 5.74) is 6.58. The molecule has 2 fully saturated rings. The van der Waals surface area contributed by atoms with Crippen LogP contribution in [0.2, 0.25) is 0 Å². The van der Waals surface area contributed by atoms with E-state index in [1.54, 1.807) is 0 Å². The van der Waals surface area contributed by atoms with Crippen LogP contribution in [0.25, 0.3) is 0 Å². The van der Waals surface area contributed by atoms with Crippen LogP contribution in [0.5, 0.6) is 0 Å². The third kappa shape index (κ3) is 3.46. The smallest absolute Gasteiger partial charge is 0.0110 e. The lowest BCUT2D eigenvalue weighted by Crippen LogP contribution is -2.43. The van der Waals surface area contributed by atoms with Crippen molar-refractivity contribution in [2.24, 2.45) is 11.1 Å². The van der Waals surface area contributed by atoms with Gasteiger partial charge in [-0.2, -0.15) is 0 Å². The van der Waals surface area contributed by atoms with E-state index in [0.717, 1.165) is 0 Å². The maximum absolute atomic E-state index is 5.95. The molecule has 106 valence electrons. The molecule has 2 aliphatic heterocycles. The number of likely N-dealkylation sites (tertiary alicyclic amines) is 2. The summed E-state index contributed by atoms with van der Waals surface area (Å²) < 4.78 is 0. The van der Waals surface area contributed by atoms with Crippen molar-refractivity contribution in [3.8, 4) is 0 Å². The molecule has 0 atom stereocenters. The molecule has 18 heavy (non-hydrogen) atoms. The van der Waals surface area contributed by atoms with E-state index in [4.69, 9.17) is 5.73 Å². The zero-order valence-corrected chi connectivity index (χ0v) is 12.3. The summed E-state index contributed by atoms with van der Waals surface area (Å²) in [6, 6.07) is 0.459. The van der Waals surface area contributed by atoms with Crippen molar-refractivity contribution >= 4 is 0 Å². The number of piperidine rings is 1. The number of rotatable bonds is 5. The number of nitrogens with two attached hydrogens (primary N) is 1. The van der Waals surface area contributed by atoms with Crippen LogP contribution in [0.4, 0.5) is 0 Å². The summed E-state index contributed by atoms with van der Waals surface area (Å²) in [5.74, 6) is 0. The Labute approximate surface area is 113 Å². The summed E-state index contributed by atoms with van der Waals surface area (Å²) >= 11 is 0. The van der Waals surface area contributed by atoms with Crippen molar-refractivity contribution in [2.75, 3.05) is 39.3 Å². The van der Waals surface area contributed by atoms with Gasteiger partial charge in [0.05, 0.1) is 0 Å². The lowest BCUT2D eigenvalue weighted by molar-refractivity contribution is 0.174. The van der Waals surface area contributed by atoms with E-state index >= 15 is 0 Å². The van der Waals surface area contributed by atoms with E-state index < -0.39 is 0 Å². The van der Waals surface area contributed by atoms with Gasteiger partial charge in [0.25, 0.3) is 0 Å². The molecule has 0 saturated carbocycles. The van der Waals surface area contributed by atoms with Crippen LogP contribution in [0.1, 0.15) is 46.0 Å². The maximum Gasteiger partial charge on any atom is 0.0110 e. The van der Waals surface area contributed by atoms with Crippen molar-refractivity contribution in [2.45, 2.75) is 52.0 Å². The molecule has 0 aromatic carbocycles. The molecule has 2 rings (SSSR count). The molecule has 2 heterocycles. The minimum Gasteiger partial charge on any atom is -0.328 e. The van der Waals surface area contributed by atoms with Gasteiger partial charge in [-0.05, 0) is 57.2 Å². The molecule has 3 nitrogen and oxygen atoms in total. The van der Waals surface area contributed by atoms with Crippen molar-refractivity contribution in [1.29, 1.82) is 0 Å². The standard InChI is InChI=1S/C15H31N3/c1-3-15(4-2)7-10-18(13-15)12-11-17-8-5-14(16)6-9-17/h14H,3-13,16H2,1-2H3. The monoisotopic (exact) mass is 253 g/mol. The van der Waals surface area contributed by atoms with Gasteiger partial charge in [-0.15, -0.1) is 0 Å². The fourth-order valence-electron chi connectivity index (χ4n) is 3.51. The predicted octanol–water partition coefficient (Wildman–Crippen LogP) is 1.92. The van der Waals surface area contributed by atoms with Gasteiger partial charge in [0, 0.05) is 25.7 Å². The summed E-state index contributed by atoms with van der Waals surface area (Å²) in [5, 5.41) is 0. The first-order valence-electron chi connectivity index (χ1n) is 7.88. The van der Waals surface area contributed by atoms with Crippen molar-refractivity contribution in [3.63, 3.8) is 0 Å². The van der Waals surface area contributed by atoms with Gasteiger partial charge < -0.3 is 15.5 Å². The lowest BCUT2D eigenvalue weighted by atomic mass is 9.82. The van der Waals surface area contributed by atoms with Gasteiger partial charge in [0.15, 0.2) is 0 Å². The van der Waals surface area contributed by atoms with E-state index in [2.05, 4.69) is 23.6 Å². The molecule has 0 aromatic rings. The average molecular weight is 253 g/mol. The Kier molecular flexibility index (Phi) is 5.05. The quantitative estimate of drug-likeness (QED) is 0.812. The van der Waals surface area contributed by atoms with Crippen LogP contribution >= 0.6 is 0 Å². The van der Waals surface area contributed by atoms with E-state index in [1.807, 2.05) is 0 Å². The highest BCUT2D eigenvalue weighted by atomic mass is 15.2. The fourth-order valence-corrected chi connectivity index (χ4v) is 3.51. The zero-order chi connectivity index (χ0) is 13.0. The Hall–Kier alpha value is -0.120. The van der Waals surface area contributed by atoms with Gasteiger partial charge in [-0.1, -0.05) is 13.8 Å². The normalized spacial score (nSPS) is 26.8. The van der Waals surface area contributed by atoms with Crippen molar-refractivity contribution < 1.29 is 0 Å². The van der Waals surface area contributed by atoms with Crippen LogP contribution < -0.4 is 5.73 Å². The van der Waals surface area contributed by atoms with Crippen LogP contribution in [0, 0.1) is 5.41 Å². The molecular formula is C15H31N3. The minimum absolute atomic E-state index is 0.459. The second-order valence-electron chi connectivity index (χ2n) is 6.41. The molecule has 0 bridgehead atoms. The number of nitrogens with zero attached hydrogens (tertiary/aromatic N) is 2. The Morgan fingerprint density at radius 3 is 2.17 bits per heavy atom. The Balaban J connectivity index is 1.69. The molecular weight excluding hydrogens is 222 g/mol. The maximum atomic E-state index is 5.95. The van der Waals surface area contributed by atoms with Crippen LogP contribution in [0.15, 0.2) is 0 Å². The number of hydrogen-bond acceptors (Lipinski definition) is 3. The molecule has 0 amide bonds. The second-order valence-corrected chi connectivity index (χ2v) is 6.41. The Bertz CT molecular complexity index is 242. The molecule has 3 heteroatoms. The minimum atomic E-state index is 0.459. The highest BCUT2D eigenvalue weighted by Gasteiger charge is 2.34. The van der Waals surface area contributed by atoms with E-state index in [9.17, 15) is 0 Å². The van der Waals surface area contributed by atoms with E-state index in [1.165, 1.54) is 71.4 Å². The molecule has 2 N–H and O–H groups in total. The fraction of sp³-hybridized carbons (Fsp3) is 1.00. The largest absolute Gasteiger partial charge is 0.328 e. The van der Waals surface area contributed by atoms with Gasteiger partial charge >= 0.3 is 0 Å². The van der Waals surface area contributed by atoms with Crippen LogP contribution in [-0.4, -0.2) is 55.1 Å². The second kappa shape index (κ2) is 6.36. The molecule has 0 spiro atoms. The van der Waals surface area contributed by atoms with E-state index in [0.29, 0.717) is 11.5 Å². The molecule has 0 aliphatic carbocycles. The summed E-state index contributed by atoms with van der Waals surface area (Å²) in [4.78, 5) is 5.28. The molecule has 0 unspecified atom stereocenters. The van der Waals surface area contributed by atoms with Gasteiger partial charge in [0.2, 0.25) is 0 Å².